The van der Waals surface area contributed by atoms with Crippen LogP contribution in [0.4, 0.5) is 4.79 Å². The van der Waals surface area contributed by atoms with Crippen molar-refractivity contribution in [3.63, 3.8) is 0 Å². The molecule has 0 aliphatic carbocycles. The second-order valence-electron chi connectivity index (χ2n) is 5.16. The number of urea groups is 1. The summed E-state index contributed by atoms with van der Waals surface area (Å²) < 4.78 is 1.97. The highest BCUT2D eigenvalue weighted by Crippen LogP contribution is 2.25. The van der Waals surface area contributed by atoms with E-state index < -0.39 is 6.03 Å². The van der Waals surface area contributed by atoms with Crippen LogP contribution in [0.25, 0.3) is 11.4 Å². The monoisotopic (exact) mass is 381 g/mol. The van der Waals surface area contributed by atoms with Crippen molar-refractivity contribution in [3.8, 4) is 11.4 Å². The van der Waals surface area contributed by atoms with Crippen LogP contribution >= 0.6 is 23.4 Å². The maximum Gasteiger partial charge on any atom is 0.321 e. The summed E-state index contributed by atoms with van der Waals surface area (Å²) in [6.07, 6.45) is 0.900. The number of thioether (sulfide) groups is 1. The van der Waals surface area contributed by atoms with Crippen LogP contribution in [0, 0.1) is 0 Å². The van der Waals surface area contributed by atoms with Gasteiger partial charge in [0.25, 0.3) is 0 Å². The van der Waals surface area contributed by atoms with Crippen LogP contribution in [0.15, 0.2) is 29.4 Å². The molecule has 0 fully saturated rings. The molecule has 1 aromatic heterocycles. The number of imide groups is 1. The molecular weight excluding hydrogens is 362 g/mol. The van der Waals surface area contributed by atoms with Gasteiger partial charge in [-0.05, 0) is 37.6 Å². The summed E-state index contributed by atoms with van der Waals surface area (Å²) in [5.41, 5.74) is 0.906. The van der Waals surface area contributed by atoms with E-state index in [1.807, 2.05) is 16.7 Å². The second kappa shape index (κ2) is 9.43. The Morgan fingerprint density at radius 1 is 1.20 bits per heavy atom. The Bertz CT molecular complexity index is 733. The molecule has 0 spiro atoms. The van der Waals surface area contributed by atoms with E-state index in [0.29, 0.717) is 16.7 Å². The highest BCUT2D eigenvalue weighted by Gasteiger charge is 2.16. The average molecular weight is 382 g/mol. The quantitative estimate of drug-likeness (QED) is 0.720. The Hall–Kier alpha value is -2.06. The molecule has 134 valence electrons. The number of hydrogen-bond acceptors (Lipinski definition) is 5. The van der Waals surface area contributed by atoms with E-state index in [4.69, 9.17) is 11.6 Å². The van der Waals surface area contributed by atoms with Crippen molar-refractivity contribution in [1.82, 2.24) is 25.4 Å². The lowest BCUT2D eigenvalue weighted by atomic mass is 10.2. The molecule has 2 N–H and O–H groups in total. The number of benzene rings is 1. The molecule has 0 saturated carbocycles. The van der Waals surface area contributed by atoms with Crippen LogP contribution in [0.5, 0.6) is 0 Å². The fourth-order valence-electron chi connectivity index (χ4n) is 2.13. The predicted molar refractivity (Wildman–Crippen MR) is 98.7 cm³/mol. The third-order valence-electron chi connectivity index (χ3n) is 3.19. The van der Waals surface area contributed by atoms with Gasteiger partial charge in [-0.1, -0.05) is 30.3 Å². The normalized spacial score (nSPS) is 10.5. The summed E-state index contributed by atoms with van der Waals surface area (Å²) in [5, 5.41) is 14.5. The van der Waals surface area contributed by atoms with Crippen molar-refractivity contribution < 1.29 is 9.59 Å². The van der Waals surface area contributed by atoms with Crippen molar-refractivity contribution in [3.05, 3.63) is 29.3 Å². The zero-order valence-corrected chi connectivity index (χ0v) is 15.7. The number of halogens is 1. The fourth-order valence-corrected chi connectivity index (χ4v) is 3.02. The molecule has 25 heavy (non-hydrogen) atoms. The number of carbonyl (C=O) groups excluding carboxylic acids is 2. The number of carbonyl (C=O) groups is 2. The van der Waals surface area contributed by atoms with E-state index in [1.54, 1.807) is 19.1 Å². The predicted octanol–water partition coefficient (Wildman–Crippen LogP) is 2.95. The zero-order chi connectivity index (χ0) is 18.2. The third kappa shape index (κ3) is 5.47. The summed E-state index contributed by atoms with van der Waals surface area (Å²) in [6, 6.07) is 6.87. The van der Waals surface area contributed by atoms with Gasteiger partial charge in [-0.25, -0.2) is 4.79 Å². The molecule has 0 bridgehead atoms. The first-order valence-corrected chi connectivity index (χ1v) is 9.31. The van der Waals surface area contributed by atoms with E-state index in [-0.39, 0.29) is 11.7 Å². The minimum atomic E-state index is -0.495. The second-order valence-corrected chi connectivity index (χ2v) is 6.54. The molecule has 7 nitrogen and oxygen atoms in total. The minimum absolute atomic E-state index is 0.0829. The van der Waals surface area contributed by atoms with Gasteiger partial charge in [-0.2, -0.15) is 0 Å². The topological polar surface area (TPSA) is 88.9 Å². The molecule has 0 aliphatic rings. The molecule has 3 amide bonds. The lowest BCUT2D eigenvalue weighted by Gasteiger charge is -2.09. The largest absolute Gasteiger partial charge is 0.338 e. The van der Waals surface area contributed by atoms with Gasteiger partial charge >= 0.3 is 6.03 Å². The molecule has 0 aliphatic heterocycles. The maximum absolute atomic E-state index is 11.8. The van der Waals surface area contributed by atoms with E-state index in [2.05, 4.69) is 27.8 Å². The standard InChI is InChI=1S/C16H20ClN5O2S/c1-3-9-22-14(11-5-7-12(17)8-6-11)20-21-16(22)25-10-13(23)19-15(24)18-4-2/h5-8H,3-4,9-10H2,1-2H3,(H2,18,19,23,24). The Balaban J connectivity index is 2.09. The van der Waals surface area contributed by atoms with Crippen LogP contribution < -0.4 is 10.6 Å². The molecule has 0 atom stereocenters. The van der Waals surface area contributed by atoms with Crippen LogP contribution in [-0.2, 0) is 11.3 Å². The minimum Gasteiger partial charge on any atom is -0.338 e. The van der Waals surface area contributed by atoms with Crippen LogP contribution in [0.2, 0.25) is 5.02 Å². The number of rotatable bonds is 7. The third-order valence-corrected chi connectivity index (χ3v) is 4.41. The number of nitrogens with zero attached hydrogens (tertiary/aromatic N) is 3. The average Bonchev–Trinajstić information content (AvgIpc) is 2.97. The summed E-state index contributed by atoms with van der Waals surface area (Å²) in [6.45, 7) is 5.03. The van der Waals surface area contributed by atoms with Gasteiger partial charge in [-0.3, -0.25) is 10.1 Å². The maximum atomic E-state index is 11.8. The van der Waals surface area contributed by atoms with Crippen LogP contribution in [0.3, 0.4) is 0 Å². The van der Waals surface area contributed by atoms with Gasteiger partial charge < -0.3 is 9.88 Å². The highest BCUT2D eigenvalue weighted by molar-refractivity contribution is 7.99. The van der Waals surface area contributed by atoms with Crippen molar-refractivity contribution >= 4 is 35.3 Å². The van der Waals surface area contributed by atoms with E-state index in [1.165, 1.54) is 11.8 Å². The van der Waals surface area contributed by atoms with Gasteiger partial charge in [0.1, 0.15) is 0 Å². The van der Waals surface area contributed by atoms with Gasteiger partial charge in [0, 0.05) is 23.7 Å². The molecule has 0 unspecified atom stereocenters. The van der Waals surface area contributed by atoms with Gasteiger partial charge in [0.2, 0.25) is 5.91 Å². The first-order chi connectivity index (χ1) is 12.0. The molecule has 2 aromatic rings. The SMILES string of the molecule is CCCn1c(SCC(=O)NC(=O)NCC)nnc1-c1ccc(Cl)cc1. The van der Waals surface area contributed by atoms with Crippen molar-refractivity contribution in [2.75, 3.05) is 12.3 Å². The summed E-state index contributed by atoms with van der Waals surface area (Å²) >= 11 is 7.17. The lowest BCUT2D eigenvalue weighted by Crippen LogP contribution is -2.40. The summed E-state index contributed by atoms with van der Waals surface area (Å²) in [4.78, 5) is 23.2. The molecular formula is C16H20ClN5O2S. The Morgan fingerprint density at radius 3 is 2.56 bits per heavy atom. The van der Waals surface area contributed by atoms with Gasteiger partial charge in [-0.15, -0.1) is 10.2 Å². The number of amides is 3. The zero-order valence-electron chi connectivity index (χ0n) is 14.1. The summed E-state index contributed by atoms with van der Waals surface area (Å²) in [7, 11) is 0. The highest BCUT2D eigenvalue weighted by atomic mass is 35.5. The lowest BCUT2D eigenvalue weighted by molar-refractivity contribution is -0.117. The number of aromatic nitrogens is 3. The number of hydrogen-bond donors (Lipinski definition) is 2. The Morgan fingerprint density at radius 2 is 1.92 bits per heavy atom. The molecule has 2 rings (SSSR count). The van der Waals surface area contributed by atoms with Crippen molar-refractivity contribution in [2.45, 2.75) is 32.0 Å². The van der Waals surface area contributed by atoms with E-state index in [9.17, 15) is 9.59 Å². The van der Waals surface area contributed by atoms with Crippen LogP contribution in [0.1, 0.15) is 20.3 Å². The van der Waals surface area contributed by atoms with E-state index in [0.717, 1.165) is 24.4 Å². The molecule has 1 aromatic carbocycles. The Labute approximate surface area is 155 Å². The van der Waals surface area contributed by atoms with Crippen molar-refractivity contribution in [1.29, 1.82) is 0 Å². The molecule has 1 heterocycles. The molecule has 0 saturated heterocycles. The van der Waals surface area contributed by atoms with Gasteiger partial charge in [0.05, 0.1) is 5.75 Å². The number of nitrogens with one attached hydrogen (secondary N) is 2. The van der Waals surface area contributed by atoms with Crippen molar-refractivity contribution in [2.24, 2.45) is 0 Å². The van der Waals surface area contributed by atoms with E-state index >= 15 is 0 Å². The molecule has 9 heteroatoms. The Kier molecular flexibility index (Phi) is 7.27. The first kappa shape index (κ1) is 19.3. The van der Waals surface area contributed by atoms with Gasteiger partial charge in [0.15, 0.2) is 11.0 Å². The fraction of sp³-hybridized carbons (Fsp3) is 0.375. The smallest absolute Gasteiger partial charge is 0.321 e. The van der Waals surface area contributed by atoms with Crippen LogP contribution in [-0.4, -0.2) is 39.0 Å². The molecule has 0 radical (unpaired) electrons. The first-order valence-electron chi connectivity index (χ1n) is 7.94. The summed E-state index contributed by atoms with van der Waals surface area (Å²) in [5.74, 6) is 0.430.